The average molecular weight is 270 g/mol. The topological polar surface area (TPSA) is 72.8 Å². The molecule has 0 aliphatic rings. The summed E-state index contributed by atoms with van der Waals surface area (Å²) >= 11 is 1.40. The summed E-state index contributed by atoms with van der Waals surface area (Å²) in [5.41, 5.74) is 0.190. The summed E-state index contributed by atoms with van der Waals surface area (Å²) in [5, 5.41) is 8.80. The Balaban J connectivity index is 2.29. The minimum atomic E-state index is -0.986. The van der Waals surface area contributed by atoms with Crippen LogP contribution < -0.4 is 4.74 Å². The zero-order chi connectivity index (χ0) is 13.4. The number of carbonyl (C=O) groups is 2. The van der Waals surface area contributed by atoms with Crippen LogP contribution in [0.1, 0.15) is 10.4 Å². The van der Waals surface area contributed by atoms with Gasteiger partial charge in [-0.15, -0.1) is 11.8 Å². The molecule has 0 atom stereocenters. The first-order valence-electron chi connectivity index (χ1n) is 5.24. The van der Waals surface area contributed by atoms with Gasteiger partial charge in [-0.05, 0) is 18.2 Å². The Morgan fingerprint density at radius 3 is 2.83 bits per heavy atom. The number of benzene rings is 1. The predicted molar refractivity (Wildman–Crippen MR) is 68.2 cm³/mol. The van der Waals surface area contributed by atoms with Crippen LogP contribution in [-0.2, 0) is 9.53 Å². The van der Waals surface area contributed by atoms with E-state index in [1.807, 2.05) is 0 Å². The molecule has 1 N–H and O–H groups in total. The van der Waals surface area contributed by atoms with Crippen molar-refractivity contribution in [2.45, 2.75) is 0 Å². The molecule has 1 aromatic rings. The highest BCUT2D eigenvalue weighted by Crippen LogP contribution is 2.13. The number of carboxylic acid groups (broad SMARTS) is 1. The maximum Gasteiger partial charge on any atom is 0.335 e. The van der Waals surface area contributed by atoms with E-state index in [2.05, 4.69) is 4.74 Å². The Morgan fingerprint density at radius 2 is 2.17 bits per heavy atom. The Morgan fingerprint density at radius 1 is 1.39 bits per heavy atom. The molecule has 0 aromatic heterocycles. The second-order valence-electron chi connectivity index (χ2n) is 3.31. The van der Waals surface area contributed by atoms with E-state index in [-0.39, 0.29) is 17.3 Å². The van der Waals surface area contributed by atoms with E-state index in [0.717, 1.165) is 0 Å². The van der Waals surface area contributed by atoms with Crippen molar-refractivity contribution in [3.8, 4) is 5.75 Å². The standard InChI is InChI=1S/C12H14O5S/c1-16-11(13)8-18-6-5-17-10-4-2-3-9(7-10)12(14)15/h2-4,7H,5-6,8H2,1H3,(H,14,15). The minimum Gasteiger partial charge on any atom is -0.493 e. The van der Waals surface area contributed by atoms with Gasteiger partial charge in [-0.1, -0.05) is 6.07 Å². The second-order valence-corrected chi connectivity index (χ2v) is 4.42. The highest BCUT2D eigenvalue weighted by atomic mass is 32.2. The SMILES string of the molecule is COC(=O)CSCCOc1cccc(C(=O)O)c1. The van der Waals surface area contributed by atoms with Gasteiger partial charge in [0.25, 0.3) is 0 Å². The number of carboxylic acids is 1. The molecule has 1 aromatic carbocycles. The summed E-state index contributed by atoms with van der Waals surface area (Å²) in [6.45, 7) is 0.407. The monoisotopic (exact) mass is 270 g/mol. The van der Waals surface area contributed by atoms with Crippen LogP contribution in [0.15, 0.2) is 24.3 Å². The highest BCUT2D eigenvalue weighted by Gasteiger charge is 2.04. The molecule has 0 fully saturated rings. The van der Waals surface area contributed by atoms with Gasteiger partial charge >= 0.3 is 11.9 Å². The molecule has 0 aliphatic heterocycles. The third-order valence-corrected chi connectivity index (χ3v) is 2.92. The fourth-order valence-electron chi connectivity index (χ4n) is 1.15. The van der Waals surface area contributed by atoms with Crippen molar-refractivity contribution in [2.24, 2.45) is 0 Å². The number of hydrogen-bond acceptors (Lipinski definition) is 5. The molecule has 0 radical (unpaired) electrons. The lowest BCUT2D eigenvalue weighted by Gasteiger charge is -2.06. The van der Waals surface area contributed by atoms with Crippen LogP contribution in [-0.4, -0.2) is 42.3 Å². The normalized spacial score (nSPS) is 9.83. The van der Waals surface area contributed by atoms with Crippen molar-refractivity contribution < 1.29 is 24.2 Å². The molecule has 0 unspecified atom stereocenters. The zero-order valence-electron chi connectivity index (χ0n) is 9.92. The number of thioether (sulfide) groups is 1. The highest BCUT2D eigenvalue weighted by molar-refractivity contribution is 7.99. The Labute approximate surface area is 109 Å². The van der Waals surface area contributed by atoms with Gasteiger partial charge in [0.1, 0.15) is 5.75 Å². The average Bonchev–Trinajstić information content (AvgIpc) is 2.38. The molecule has 0 bridgehead atoms. The van der Waals surface area contributed by atoms with Crippen LogP contribution in [0.3, 0.4) is 0 Å². The molecule has 0 saturated heterocycles. The van der Waals surface area contributed by atoms with Gasteiger partial charge in [0.15, 0.2) is 0 Å². The van der Waals surface area contributed by atoms with Crippen molar-refractivity contribution in [3.05, 3.63) is 29.8 Å². The van der Waals surface area contributed by atoms with E-state index in [0.29, 0.717) is 18.1 Å². The van der Waals surface area contributed by atoms with E-state index >= 15 is 0 Å². The summed E-state index contributed by atoms with van der Waals surface area (Å²) < 4.78 is 9.87. The molecular weight excluding hydrogens is 256 g/mol. The molecule has 98 valence electrons. The fourth-order valence-corrected chi connectivity index (χ4v) is 1.78. The Kier molecular flexibility index (Phi) is 6.07. The van der Waals surface area contributed by atoms with Crippen LogP contribution in [0.2, 0.25) is 0 Å². The molecule has 0 amide bonds. The van der Waals surface area contributed by atoms with Gasteiger partial charge < -0.3 is 14.6 Å². The molecule has 5 nitrogen and oxygen atoms in total. The smallest absolute Gasteiger partial charge is 0.335 e. The number of carbonyl (C=O) groups excluding carboxylic acids is 1. The van der Waals surface area contributed by atoms with E-state index in [4.69, 9.17) is 9.84 Å². The lowest BCUT2D eigenvalue weighted by Crippen LogP contribution is -2.07. The van der Waals surface area contributed by atoms with Crippen LogP contribution in [0, 0.1) is 0 Å². The van der Waals surface area contributed by atoms with Crippen molar-refractivity contribution in [1.29, 1.82) is 0 Å². The van der Waals surface area contributed by atoms with Crippen molar-refractivity contribution >= 4 is 23.7 Å². The summed E-state index contributed by atoms with van der Waals surface area (Å²) in [5.74, 6) is 0.170. The maximum absolute atomic E-state index is 10.8. The van der Waals surface area contributed by atoms with Gasteiger partial charge in [-0.3, -0.25) is 4.79 Å². The molecule has 18 heavy (non-hydrogen) atoms. The van der Waals surface area contributed by atoms with Crippen molar-refractivity contribution in [1.82, 2.24) is 0 Å². The van der Waals surface area contributed by atoms with E-state index in [1.165, 1.54) is 31.0 Å². The minimum absolute atomic E-state index is 0.190. The van der Waals surface area contributed by atoms with Crippen molar-refractivity contribution in [2.75, 3.05) is 25.2 Å². The number of esters is 1. The molecule has 0 saturated carbocycles. The van der Waals surface area contributed by atoms with E-state index < -0.39 is 5.97 Å². The third kappa shape index (κ3) is 5.09. The first-order chi connectivity index (χ1) is 8.63. The summed E-state index contributed by atoms with van der Waals surface area (Å²) in [7, 11) is 1.34. The maximum atomic E-state index is 10.8. The summed E-state index contributed by atoms with van der Waals surface area (Å²) in [4.78, 5) is 21.5. The van der Waals surface area contributed by atoms with Crippen LogP contribution in [0.25, 0.3) is 0 Å². The number of ether oxygens (including phenoxy) is 2. The van der Waals surface area contributed by atoms with E-state index in [1.54, 1.807) is 12.1 Å². The van der Waals surface area contributed by atoms with Crippen LogP contribution >= 0.6 is 11.8 Å². The predicted octanol–water partition coefficient (Wildman–Crippen LogP) is 1.67. The molecule has 0 aliphatic carbocycles. The first-order valence-corrected chi connectivity index (χ1v) is 6.39. The number of hydrogen-bond donors (Lipinski definition) is 1. The van der Waals surface area contributed by atoms with Gasteiger partial charge in [0.05, 0.1) is 25.0 Å². The van der Waals surface area contributed by atoms with Gasteiger partial charge in [0, 0.05) is 5.75 Å². The molecular formula is C12H14O5S. The van der Waals surface area contributed by atoms with Gasteiger partial charge in [0.2, 0.25) is 0 Å². The molecule has 0 spiro atoms. The number of rotatable bonds is 7. The molecule has 1 rings (SSSR count). The summed E-state index contributed by atoms with van der Waals surface area (Å²) in [6, 6.07) is 6.28. The summed E-state index contributed by atoms with van der Waals surface area (Å²) in [6.07, 6.45) is 0. The number of aromatic carboxylic acids is 1. The Bertz CT molecular complexity index is 419. The quantitative estimate of drug-likeness (QED) is 0.600. The van der Waals surface area contributed by atoms with Gasteiger partial charge in [-0.25, -0.2) is 4.79 Å². The fraction of sp³-hybridized carbons (Fsp3) is 0.333. The first kappa shape index (κ1) is 14.4. The lowest BCUT2D eigenvalue weighted by atomic mass is 10.2. The molecule has 6 heteroatoms. The van der Waals surface area contributed by atoms with Crippen LogP contribution in [0.5, 0.6) is 5.75 Å². The van der Waals surface area contributed by atoms with Crippen molar-refractivity contribution in [3.63, 3.8) is 0 Å². The largest absolute Gasteiger partial charge is 0.493 e. The van der Waals surface area contributed by atoms with Gasteiger partial charge in [-0.2, -0.15) is 0 Å². The third-order valence-electron chi connectivity index (χ3n) is 2.02. The van der Waals surface area contributed by atoms with Crippen LogP contribution in [0.4, 0.5) is 0 Å². The lowest BCUT2D eigenvalue weighted by molar-refractivity contribution is -0.137. The molecule has 0 heterocycles. The number of methoxy groups -OCH3 is 1. The Hall–Kier alpha value is -1.69. The van der Waals surface area contributed by atoms with E-state index in [9.17, 15) is 9.59 Å². The second kappa shape index (κ2) is 7.60. The zero-order valence-corrected chi connectivity index (χ0v) is 10.7.